The van der Waals surface area contributed by atoms with Gasteiger partial charge in [0.15, 0.2) is 0 Å². The van der Waals surface area contributed by atoms with Crippen LogP contribution in [0.1, 0.15) is 10.5 Å². The summed E-state index contributed by atoms with van der Waals surface area (Å²) in [6.45, 7) is 0. The highest BCUT2D eigenvalue weighted by atomic mass is 35.5. The first kappa shape index (κ1) is 18.6. The zero-order chi connectivity index (χ0) is 20.4. The van der Waals surface area contributed by atoms with Crippen molar-refractivity contribution in [3.8, 4) is 11.1 Å². The molecule has 3 aromatic carbocycles. The zero-order valence-corrected chi connectivity index (χ0v) is 16.0. The summed E-state index contributed by atoms with van der Waals surface area (Å²) in [5.74, 6) is -0.528. The van der Waals surface area contributed by atoms with Gasteiger partial charge in [-0.1, -0.05) is 48.0 Å². The van der Waals surface area contributed by atoms with Crippen molar-refractivity contribution >= 4 is 45.8 Å². The molecule has 0 unspecified atom stereocenters. The Hall–Kier alpha value is -3.77. The van der Waals surface area contributed by atoms with Crippen LogP contribution in [0.2, 0.25) is 5.02 Å². The molecule has 0 aliphatic carbocycles. The number of nitrogens with two attached hydrogens (primary N) is 1. The number of aromatic nitrogens is 1. The molecule has 1 heterocycles. The van der Waals surface area contributed by atoms with Crippen molar-refractivity contribution in [3.63, 3.8) is 0 Å². The maximum Gasteiger partial charge on any atom is 0.323 e. The molecule has 4 rings (SSSR count). The number of urea groups is 1. The molecule has 0 spiro atoms. The van der Waals surface area contributed by atoms with Gasteiger partial charge in [-0.25, -0.2) is 4.79 Å². The average molecular weight is 405 g/mol. The maximum absolute atomic E-state index is 12.2. The smallest absolute Gasteiger partial charge is 0.323 e. The summed E-state index contributed by atoms with van der Waals surface area (Å²) in [5, 5.41) is 6.93. The van der Waals surface area contributed by atoms with Crippen molar-refractivity contribution in [2.24, 2.45) is 5.73 Å². The van der Waals surface area contributed by atoms with Gasteiger partial charge in [0.1, 0.15) is 5.69 Å². The number of H-pyrrole nitrogens is 1. The van der Waals surface area contributed by atoms with Gasteiger partial charge in [-0.05, 0) is 42.0 Å². The number of hydrogen-bond donors (Lipinski definition) is 4. The molecule has 4 aromatic rings. The average Bonchev–Trinajstić information content (AvgIpc) is 3.08. The fraction of sp³-hybridized carbons (Fsp3) is 0. The molecule has 0 atom stereocenters. The summed E-state index contributed by atoms with van der Waals surface area (Å²) in [6.07, 6.45) is 0. The van der Waals surface area contributed by atoms with E-state index in [0.717, 1.165) is 22.0 Å². The van der Waals surface area contributed by atoms with Crippen molar-refractivity contribution in [1.82, 2.24) is 4.98 Å². The molecule has 29 heavy (non-hydrogen) atoms. The van der Waals surface area contributed by atoms with E-state index in [0.29, 0.717) is 22.1 Å². The fourth-order valence-corrected chi connectivity index (χ4v) is 3.40. The van der Waals surface area contributed by atoms with E-state index in [-0.39, 0.29) is 6.03 Å². The Morgan fingerprint density at radius 3 is 2.31 bits per heavy atom. The molecule has 144 valence electrons. The van der Waals surface area contributed by atoms with Crippen molar-refractivity contribution in [2.75, 3.05) is 10.6 Å². The molecule has 0 aliphatic heterocycles. The number of aromatic amines is 1. The second-order valence-electron chi connectivity index (χ2n) is 6.45. The molecule has 6 nitrogen and oxygen atoms in total. The third kappa shape index (κ3) is 3.93. The van der Waals surface area contributed by atoms with Gasteiger partial charge in [0, 0.05) is 32.9 Å². The number of halogens is 1. The SMILES string of the molecule is NC(=O)c1[nH]c2ccccc2c1-c1ccc(NC(=O)Nc2cccc(Cl)c2)cc1. The number of benzene rings is 3. The van der Waals surface area contributed by atoms with Gasteiger partial charge in [-0.15, -0.1) is 0 Å². The third-order valence-corrected chi connectivity index (χ3v) is 4.70. The Balaban J connectivity index is 1.57. The highest BCUT2D eigenvalue weighted by Gasteiger charge is 2.17. The van der Waals surface area contributed by atoms with Crippen LogP contribution < -0.4 is 16.4 Å². The van der Waals surface area contributed by atoms with E-state index >= 15 is 0 Å². The first-order chi connectivity index (χ1) is 14.0. The quantitative estimate of drug-likeness (QED) is 0.374. The van der Waals surface area contributed by atoms with Crippen LogP contribution in [0.25, 0.3) is 22.0 Å². The predicted molar refractivity (Wildman–Crippen MR) is 116 cm³/mol. The summed E-state index contributed by atoms with van der Waals surface area (Å²) < 4.78 is 0. The number of anilines is 2. The van der Waals surface area contributed by atoms with E-state index < -0.39 is 5.91 Å². The number of para-hydroxylation sites is 1. The lowest BCUT2D eigenvalue weighted by Crippen LogP contribution is -2.19. The van der Waals surface area contributed by atoms with E-state index in [1.54, 1.807) is 36.4 Å². The normalized spacial score (nSPS) is 10.7. The molecule has 0 fully saturated rings. The number of primary amides is 1. The molecular weight excluding hydrogens is 388 g/mol. The standard InChI is InChI=1S/C22H17ClN4O2/c23-14-4-3-5-16(12-14)26-22(29)25-15-10-8-13(9-11-15)19-17-6-1-2-7-18(17)27-20(19)21(24)28/h1-12,27H,(H2,24,28)(H2,25,26,29). The lowest BCUT2D eigenvalue weighted by molar-refractivity contribution is 0.0997. The first-order valence-corrected chi connectivity index (χ1v) is 9.23. The number of fused-ring (bicyclic) bond motifs is 1. The molecule has 3 amide bonds. The van der Waals surface area contributed by atoms with Gasteiger partial charge in [0.25, 0.3) is 5.91 Å². The molecule has 0 aliphatic rings. The van der Waals surface area contributed by atoms with E-state index in [1.807, 2.05) is 36.4 Å². The Morgan fingerprint density at radius 1 is 0.862 bits per heavy atom. The fourth-order valence-electron chi connectivity index (χ4n) is 3.21. The molecular formula is C22H17ClN4O2. The Kier molecular flexibility index (Phi) is 4.93. The van der Waals surface area contributed by atoms with Gasteiger partial charge < -0.3 is 21.4 Å². The largest absolute Gasteiger partial charge is 0.364 e. The monoisotopic (exact) mass is 404 g/mol. The summed E-state index contributed by atoms with van der Waals surface area (Å²) in [6, 6.07) is 21.3. The number of rotatable bonds is 4. The predicted octanol–water partition coefficient (Wildman–Crippen LogP) is 5.23. The van der Waals surface area contributed by atoms with Crippen LogP contribution in [0.5, 0.6) is 0 Å². The summed E-state index contributed by atoms with van der Waals surface area (Å²) in [7, 11) is 0. The van der Waals surface area contributed by atoms with Crippen LogP contribution in [0.15, 0.2) is 72.8 Å². The highest BCUT2D eigenvalue weighted by molar-refractivity contribution is 6.30. The Morgan fingerprint density at radius 2 is 1.59 bits per heavy atom. The van der Waals surface area contributed by atoms with Crippen molar-refractivity contribution in [3.05, 3.63) is 83.5 Å². The maximum atomic E-state index is 12.2. The minimum atomic E-state index is -0.528. The lowest BCUT2D eigenvalue weighted by atomic mass is 10.0. The second kappa shape index (κ2) is 7.69. The topological polar surface area (TPSA) is 100 Å². The molecule has 0 radical (unpaired) electrons. The summed E-state index contributed by atoms with van der Waals surface area (Å²) in [5.41, 5.74) is 9.49. The van der Waals surface area contributed by atoms with Gasteiger partial charge >= 0.3 is 6.03 Å². The number of hydrogen-bond acceptors (Lipinski definition) is 2. The van der Waals surface area contributed by atoms with E-state index in [4.69, 9.17) is 17.3 Å². The van der Waals surface area contributed by atoms with Gasteiger partial charge in [-0.2, -0.15) is 0 Å². The van der Waals surface area contributed by atoms with Crippen LogP contribution in [-0.2, 0) is 0 Å². The Bertz CT molecular complexity index is 1220. The highest BCUT2D eigenvalue weighted by Crippen LogP contribution is 2.33. The molecule has 1 aromatic heterocycles. The van der Waals surface area contributed by atoms with Crippen LogP contribution in [-0.4, -0.2) is 16.9 Å². The second-order valence-corrected chi connectivity index (χ2v) is 6.89. The lowest BCUT2D eigenvalue weighted by Gasteiger charge is -2.09. The van der Waals surface area contributed by atoms with Crippen LogP contribution in [0, 0.1) is 0 Å². The summed E-state index contributed by atoms with van der Waals surface area (Å²) >= 11 is 5.92. The number of carbonyl (C=O) groups is 2. The van der Waals surface area contributed by atoms with Crippen LogP contribution in [0.3, 0.4) is 0 Å². The minimum absolute atomic E-state index is 0.352. The minimum Gasteiger partial charge on any atom is -0.364 e. The van der Waals surface area contributed by atoms with Crippen molar-refractivity contribution in [1.29, 1.82) is 0 Å². The Labute approximate surface area is 171 Å². The van der Waals surface area contributed by atoms with E-state index in [1.165, 1.54) is 0 Å². The van der Waals surface area contributed by atoms with Crippen LogP contribution >= 0.6 is 11.6 Å². The zero-order valence-electron chi connectivity index (χ0n) is 15.2. The van der Waals surface area contributed by atoms with Gasteiger partial charge in [0.05, 0.1) is 0 Å². The first-order valence-electron chi connectivity index (χ1n) is 8.86. The van der Waals surface area contributed by atoms with Gasteiger partial charge in [-0.3, -0.25) is 4.79 Å². The number of nitrogens with one attached hydrogen (secondary N) is 3. The molecule has 7 heteroatoms. The number of carbonyl (C=O) groups excluding carboxylic acids is 2. The molecule has 0 bridgehead atoms. The third-order valence-electron chi connectivity index (χ3n) is 4.47. The molecule has 0 saturated heterocycles. The number of amides is 3. The van der Waals surface area contributed by atoms with E-state index in [2.05, 4.69) is 15.6 Å². The van der Waals surface area contributed by atoms with Crippen molar-refractivity contribution in [2.45, 2.75) is 0 Å². The van der Waals surface area contributed by atoms with Gasteiger partial charge in [0.2, 0.25) is 0 Å². The summed E-state index contributed by atoms with van der Waals surface area (Å²) in [4.78, 5) is 27.2. The van der Waals surface area contributed by atoms with Crippen molar-refractivity contribution < 1.29 is 9.59 Å². The van der Waals surface area contributed by atoms with E-state index in [9.17, 15) is 9.59 Å². The molecule has 0 saturated carbocycles. The molecule has 5 N–H and O–H groups in total. The van der Waals surface area contributed by atoms with Crippen LogP contribution in [0.4, 0.5) is 16.2 Å².